The van der Waals surface area contributed by atoms with Gasteiger partial charge < -0.3 is 4.74 Å². The van der Waals surface area contributed by atoms with E-state index in [2.05, 4.69) is 0 Å². The van der Waals surface area contributed by atoms with Gasteiger partial charge in [0.05, 0.1) is 12.8 Å². The van der Waals surface area contributed by atoms with Crippen molar-refractivity contribution in [2.75, 3.05) is 18.6 Å². The third kappa shape index (κ3) is 3.23. The normalized spacial score (nSPS) is 22.1. The Hall–Kier alpha value is -1.93. The summed E-state index contributed by atoms with van der Waals surface area (Å²) in [6, 6.07) is 4.42. The lowest BCUT2D eigenvalue weighted by Crippen LogP contribution is -2.40. The van der Waals surface area contributed by atoms with Gasteiger partial charge in [-0.05, 0) is 43.9 Å². The third-order valence-electron chi connectivity index (χ3n) is 5.07. The maximum absolute atomic E-state index is 13.2. The van der Waals surface area contributed by atoms with E-state index in [1.165, 1.54) is 23.5 Å². The SMILES string of the molecule is CCC1CCCN1S(=O)(=O)c1cc(N2C(=O)CCCC2=O)ccc1OC. The van der Waals surface area contributed by atoms with Crippen LogP contribution in [0.25, 0.3) is 0 Å². The molecule has 2 amide bonds. The summed E-state index contributed by atoms with van der Waals surface area (Å²) < 4.78 is 33.2. The number of methoxy groups -OCH3 is 1. The zero-order valence-electron chi connectivity index (χ0n) is 15.1. The van der Waals surface area contributed by atoms with Gasteiger partial charge in [-0.15, -0.1) is 0 Å². The molecular formula is C18H24N2O5S. The molecule has 0 saturated carbocycles. The zero-order chi connectivity index (χ0) is 18.9. The number of anilines is 1. The molecule has 3 rings (SSSR count). The van der Waals surface area contributed by atoms with Crippen molar-refractivity contribution in [3.8, 4) is 5.75 Å². The van der Waals surface area contributed by atoms with Gasteiger partial charge in [0, 0.05) is 25.4 Å². The minimum atomic E-state index is -3.78. The van der Waals surface area contributed by atoms with Crippen LogP contribution in [0.15, 0.2) is 23.1 Å². The highest BCUT2D eigenvalue weighted by molar-refractivity contribution is 7.89. The van der Waals surface area contributed by atoms with Crippen LogP contribution in [0.2, 0.25) is 0 Å². The quantitative estimate of drug-likeness (QED) is 0.732. The average Bonchev–Trinajstić information content (AvgIpc) is 3.11. The Labute approximate surface area is 154 Å². The first kappa shape index (κ1) is 18.8. The van der Waals surface area contributed by atoms with Gasteiger partial charge in [0.1, 0.15) is 10.6 Å². The van der Waals surface area contributed by atoms with Gasteiger partial charge in [-0.1, -0.05) is 6.92 Å². The first-order chi connectivity index (χ1) is 12.4. The summed E-state index contributed by atoms with van der Waals surface area (Å²) in [5.41, 5.74) is 0.284. The standard InChI is InChI=1S/C18H24N2O5S/c1-3-13-6-5-11-19(13)26(23,24)16-12-14(9-10-15(16)25-2)20-17(21)7-4-8-18(20)22/h9-10,12-13H,3-8,11H2,1-2H3. The Morgan fingerprint density at radius 3 is 2.46 bits per heavy atom. The number of rotatable bonds is 5. The maximum Gasteiger partial charge on any atom is 0.247 e. The van der Waals surface area contributed by atoms with E-state index in [-0.39, 0.29) is 47.0 Å². The molecule has 0 radical (unpaired) electrons. The summed E-state index contributed by atoms with van der Waals surface area (Å²) in [6.07, 6.45) is 3.49. The Balaban J connectivity index is 2.06. The van der Waals surface area contributed by atoms with Crippen molar-refractivity contribution in [2.45, 2.75) is 56.4 Å². The summed E-state index contributed by atoms with van der Waals surface area (Å²) in [7, 11) is -2.37. The molecule has 26 heavy (non-hydrogen) atoms. The van der Waals surface area contributed by atoms with E-state index in [9.17, 15) is 18.0 Å². The smallest absolute Gasteiger partial charge is 0.247 e. The number of hydrogen-bond acceptors (Lipinski definition) is 5. The molecule has 1 aromatic carbocycles. The van der Waals surface area contributed by atoms with Crippen LogP contribution in [0.5, 0.6) is 5.75 Å². The molecule has 0 bridgehead atoms. The molecule has 2 heterocycles. The molecule has 0 aliphatic carbocycles. The summed E-state index contributed by atoms with van der Waals surface area (Å²) >= 11 is 0. The maximum atomic E-state index is 13.2. The highest BCUT2D eigenvalue weighted by atomic mass is 32.2. The molecule has 0 N–H and O–H groups in total. The molecule has 2 aliphatic rings. The van der Waals surface area contributed by atoms with Crippen LogP contribution in [0, 0.1) is 0 Å². The number of carbonyl (C=O) groups is 2. The molecule has 2 fully saturated rings. The first-order valence-corrected chi connectivity index (χ1v) is 10.4. The summed E-state index contributed by atoms with van der Waals surface area (Å²) in [5.74, 6) is -0.392. The average molecular weight is 380 g/mol. The molecule has 1 unspecified atom stereocenters. The lowest BCUT2D eigenvalue weighted by molar-refractivity contribution is -0.129. The first-order valence-electron chi connectivity index (χ1n) is 8.95. The minimum Gasteiger partial charge on any atom is -0.495 e. The lowest BCUT2D eigenvalue weighted by Gasteiger charge is -2.27. The molecule has 8 heteroatoms. The number of hydrogen-bond donors (Lipinski definition) is 0. The van der Waals surface area contributed by atoms with E-state index in [4.69, 9.17) is 4.74 Å². The van der Waals surface area contributed by atoms with Gasteiger partial charge >= 0.3 is 0 Å². The monoisotopic (exact) mass is 380 g/mol. The van der Waals surface area contributed by atoms with Crippen molar-refractivity contribution >= 4 is 27.5 Å². The Morgan fingerprint density at radius 2 is 1.85 bits per heavy atom. The minimum absolute atomic E-state index is 0.00373. The van der Waals surface area contributed by atoms with Crippen molar-refractivity contribution in [1.82, 2.24) is 4.31 Å². The van der Waals surface area contributed by atoms with Crippen LogP contribution in [-0.2, 0) is 19.6 Å². The van der Waals surface area contributed by atoms with Gasteiger partial charge in [0.15, 0.2) is 0 Å². The third-order valence-corrected chi connectivity index (χ3v) is 7.04. The fourth-order valence-electron chi connectivity index (χ4n) is 3.71. The van der Waals surface area contributed by atoms with Crippen LogP contribution in [0.1, 0.15) is 45.4 Å². The number of imide groups is 1. The predicted octanol–water partition coefficient (Wildman–Crippen LogP) is 2.30. The number of ether oxygens (including phenoxy) is 1. The second-order valence-electron chi connectivity index (χ2n) is 6.63. The highest BCUT2D eigenvalue weighted by Crippen LogP contribution is 2.35. The number of amides is 2. The fourth-order valence-corrected chi connectivity index (χ4v) is 5.65. The summed E-state index contributed by atoms with van der Waals surface area (Å²) in [5, 5.41) is 0. The van der Waals surface area contributed by atoms with Gasteiger partial charge in [0.25, 0.3) is 0 Å². The van der Waals surface area contributed by atoms with Gasteiger partial charge in [-0.25, -0.2) is 8.42 Å². The molecule has 0 aromatic heterocycles. The molecule has 142 valence electrons. The number of piperidine rings is 1. The van der Waals surface area contributed by atoms with E-state index in [1.807, 2.05) is 6.92 Å². The van der Waals surface area contributed by atoms with Crippen molar-refractivity contribution in [3.05, 3.63) is 18.2 Å². The van der Waals surface area contributed by atoms with Crippen LogP contribution < -0.4 is 9.64 Å². The van der Waals surface area contributed by atoms with Crippen LogP contribution in [-0.4, -0.2) is 44.2 Å². The fraction of sp³-hybridized carbons (Fsp3) is 0.556. The van der Waals surface area contributed by atoms with Crippen molar-refractivity contribution in [1.29, 1.82) is 0 Å². The topological polar surface area (TPSA) is 84.0 Å². The molecule has 7 nitrogen and oxygen atoms in total. The Bertz CT molecular complexity index is 805. The van der Waals surface area contributed by atoms with Crippen LogP contribution >= 0.6 is 0 Å². The van der Waals surface area contributed by atoms with E-state index in [0.717, 1.165) is 24.2 Å². The van der Waals surface area contributed by atoms with Crippen LogP contribution in [0.4, 0.5) is 5.69 Å². The molecule has 1 aromatic rings. The van der Waals surface area contributed by atoms with Gasteiger partial charge in [-0.2, -0.15) is 4.31 Å². The Kier molecular flexibility index (Phi) is 5.34. The summed E-state index contributed by atoms with van der Waals surface area (Å²) in [4.78, 5) is 25.5. The second-order valence-corrected chi connectivity index (χ2v) is 8.49. The highest BCUT2D eigenvalue weighted by Gasteiger charge is 2.37. The van der Waals surface area contributed by atoms with Crippen molar-refractivity contribution in [2.24, 2.45) is 0 Å². The predicted molar refractivity (Wildman–Crippen MR) is 96.5 cm³/mol. The molecule has 0 spiro atoms. The summed E-state index contributed by atoms with van der Waals surface area (Å²) in [6.45, 7) is 2.44. The number of nitrogens with zero attached hydrogens (tertiary/aromatic N) is 2. The number of benzene rings is 1. The van der Waals surface area contributed by atoms with Gasteiger partial charge in [0.2, 0.25) is 21.8 Å². The van der Waals surface area contributed by atoms with E-state index < -0.39 is 10.0 Å². The van der Waals surface area contributed by atoms with Crippen molar-refractivity contribution in [3.63, 3.8) is 0 Å². The van der Waals surface area contributed by atoms with Crippen molar-refractivity contribution < 1.29 is 22.7 Å². The molecule has 2 saturated heterocycles. The zero-order valence-corrected chi connectivity index (χ0v) is 15.9. The van der Waals surface area contributed by atoms with Gasteiger partial charge in [-0.3, -0.25) is 14.5 Å². The van der Waals surface area contributed by atoms with E-state index in [0.29, 0.717) is 13.0 Å². The van der Waals surface area contributed by atoms with Crippen LogP contribution in [0.3, 0.4) is 0 Å². The number of sulfonamides is 1. The molecule has 1 atom stereocenters. The largest absolute Gasteiger partial charge is 0.495 e. The second kappa shape index (κ2) is 7.36. The number of carbonyl (C=O) groups excluding carboxylic acids is 2. The van der Waals surface area contributed by atoms with E-state index >= 15 is 0 Å². The molecular weight excluding hydrogens is 356 g/mol. The lowest BCUT2D eigenvalue weighted by atomic mass is 10.1. The van der Waals surface area contributed by atoms with E-state index in [1.54, 1.807) is 6.07 Å². The molecule has 2 aliphatic heterocycles. The Morgan fingerprint density at radius 1 is 1.15 bits per heavy atom.